The number of halogens is 3. The predicted octanol–water partition coefficient (Wildman–Crippen LogP) is 10.1. The molecule has 0 spiro atoms. The van der Waals surface area contributed by atoms with Crippen molar-refractivity contribution in [1.29, 1.82) is 0 Å². The third kappa shape index (κ3) is 11.0. The van der Waals surface area contributed by atoms with Crippen LogP contribution in [0.3, 0.4) is 0 Å². The highest BCUT2D eigenvalue weighted by Gasteiger charge is 2.20. The number of amides is 1. The molecule has 0 unspecified atom stereocenters. The molecule has 0 radical (unpaired) electrons. The minimum Gasteiger partial charge on any atom is -0.493 e. The molecule has 5 aromatic rings. The van der Waals surface area contributed by atoms with Gasteiger partial charge < -0.3 is 19.1 Å². The van der Waals surface area contributed by atoms with Crippen LogP contribution >= 0.6 is 35.6 Å². The van der Waals surface area contributed by atoms with Gasteiger partial charge in [-0.2, -0.15) is 0 Å². The molecule has 4 aromatic carbocycles. The molecule has 7 nitrogen and oxygen atoms in total. The normalized spacial score (nSPS) is 13.1. The van der Waals surface area contributed by atoms with Crippen molar-refractivity contribution < 1.29 is 19.0 Å². The largest absolute Gasteiger partial charge is 0.493 e. The van der Waals surface area contributed by atoms with E-state index < -0.39 is 0 Å². The minimum atomic E-state index is -0.0118. The molecule has 1 aliphatic heterocycles. The zero-order valence-corrected chi connectivity index (χ0v) is 32.5. The highest BCUT2D eigenvalue weighted by molar-refractivity contribution is 6.32. The fraction of sp³-hybridized carbons (Fsp3) is 0.256. The molecule has 53 heavy (non-hydrogen) atoms. The number of aryl methyl sites for hydroxylation is 2. The van der Waals surface area contributed by atoms with E-state index in [1.807, 2.05) is 54.3 Å². The average molecular weight is 773 g/mol. The molecule has 0 saturated carbocycles. The number of nitrogens with zero attached hydrogens (tertiary/aromatic N) is 3. The molecule has 2 heterocycles. The van der Waals surface area contributed by atoms with Gasteiger partial charge in [0.2, 0.25) is 11.8 Å². The van der Waals surface area contributed by atoms with Crippen LogP contribution in [-0.4, -0.2) is 53.5 Å². The summed E-state index contributed by atoms with van der Waals surface area (Å²) in [6, 6.07) is 29.7. The van der Waals surface area contributed by atoms with Crippen LogP contribution in [0.5, 0.6) is 23.1 Å². The van der Waals surface area contributed by atoms with Crippen LogP contribution in [0.25, 0.3) is 6.08 Å². The Hall–Kier alpha value is -4.53. The molecule has 0 aliphatic carbocycles. The van der Waals surface area contributed by atoms with Crippen molar-refractivity contribution in [3.8, 4) is 23.1 Å². The number of carbonyl (C=O) groups excluding carboxylic acids is 1. The summed E-state index contributed by atoms with van der Waals surface area (Å²) < 4.78 is 17.9. The van der Waals surface area contributed by atoms with Gasteiger partial charge in [0.15, 0.2) is 5.75 Å². The average Bonchev–Trinajstić information content (AvgIpc) is 3.15. The smallest absolute Gasteiger partial charge is 0.246 e. The van der Waals surface area contributed by atoms with Crippen LogP contribution in [0.2, 0.25) is 10.0 Å². The van der Waals surface area contributed by atoms with Crippen molar-refractivity contribution >= 4 is 47.6 Å². The number of hydrogen-bond acceptors (Lipinski definition) is 6. The number of benzene rings is 4. The van der Waals surface area contributed by atoms with Crippen molar-refractivity contribution in [2.24, 2.45) is 0 Å². The van der Waals surface area contributed by atoms with Crippen molar-refractivity contribution in [3.05, 3.63) is 152 Å². The lowest BCUT2D eigenvalue weighted by molar-refractivity contribution is -0.127. The van der Waals surface area contributed by atoms with Crippen molar-refractivity contribution in [1.82, 2.24) is 14.8 Å². The van der Waals surface area contributed by atoms with Crippen molar-refractivity contribution in [2.45, 2.75) is 40.3 Å². The topological polar surface area (TPSA) is 64.1 Å². The van der Waals surface area contributed by atoms with Gasteiger partial charge in [0, 0.05) is 61.9 Å². The van der Waals surface area contributed by atoms with Crippen LogP contribution in [0, 0.1) is 20.8 Å². The first-order valence-corrected chi connectivity index (χ1v) is 18.2. The maximum Gasteiger partial charge on any atom is 0.246 e. The SMILES string of the molecule is Cc1cccc(OCCc2ccc(CN3CCN(C(=O)C=Cc4cc(C)c(Oc5ccc(OCc6ccccc6Cl)cn5)c(Cl)c4)CC3)cc2)c1C.Cl. The van der Waals surface area contributed by atoms with E-state index in [1.165, 1.54) is 22.3 Å². The molecule has 1 fully saturated rings. The van der Waals surface area contributed by atoms with Crippen LogP contribution < -0.4 is 14.2 Å². The highest BCUT2D eigenvalue weighted by atomic mass is 35.5. The van der Waals surface area contributed by atoms with E-state index in [-0.39, 0.29) is 18.3 Å². The summed E-state index contributed by atoms with van der Waals surface area (Å²) >= 11 is 12.8. The van der Waals surface area contributed by atoms with Crippen LogP contribution in [0.15, 0.2) is 103 Å². The Morgan fingerprint density at radius 3 is 2.28 bits per heavy atom. The van der Waals surface area contributed by atoms with Crippen LogP contribution in [0.1, 0.15) is 38.9 Å². The van der Waals surface area contributed by atoms with E-state index in [9.17, 15) is 4.79 Å². The molecular weight excluding hydrogens is 729 g/mol. The predicted molar refractivity (Wildman–Crippen MR) is 216 cm³/mol. The van der Waals surface area contributed by atoms with E-state index in [0.29, 0.717) is 53.7 Å². The Balaban J connectivity index is 0.00000541. The molecule has 0 bridgehead atoms. The van der Waals surface area contributed by atoms with E-state index >= 15 is 0 Å². The summed E-state index contributed by atoms with van der Waals surface area (Å²) in [6.07, 6.45) is 5.88. The summed E-state index contributed by atoms with van der Waals surface area (Å²) in [6.45, 7) is 11.0. The van der Waals surface area contributed by atoms with E-state index in [4.69, 9.17) is 37.4 Å². The maximum atomic E-state index is 13.1. The quantitative estimate of drug-likeness (QED) is 0.111. The van der Waals surface area contributed by atoms with E-state index in [2.05, 4.69) is 54.1 Å². The van der Waals surface area contributed by atoms with Gasteiger partial charge in [-0.1, -0.05) is 77.8 Å². The van der Waals surface area contributed by atoms with Gasteiger partial charge in [0.1, 0.15) is 18.1 Å². The van der Waals surface area contributed by atoms with Gasteiger partial charge in [-0.05, 0) is 90.6 Å². The first kappa shape index (κ1) is 39.7. The molecule has 1 aliphatic rings. The molecule has 1 amide bonds. The fourth-order valence-corrected chi connectivity index (χ4v) is 6.51. The second-order valence-corrected chi connectivity index (χ2v) is 13.8. The van der Waals surface area contributed by atoms with E-state index in [1.54, 1.807) is 36.5 Å². The first-order valence-electron chi connectivity index (χ1n) is 17.5. The molecule has 1 aromatic heterocycles. The number of ether oxygens (including phenoxy) is 3. The van der Waals surface area contributed by atoms with Gasteiger partial charge >= 0.3 is 0 Å². The second kappa shape index (κ2) is 19.0. The summed E-state index contributed by atoms with van der Waals surface area (Å²) in [4.78, 5) is 21.7. The zero-order valence-electron chi connectivity index (χ0n) is 30.2. The lowest BCUT2D eigenvalue weighted by Gasteiger charge is -2.34. The van der Waals surface area contributed by atoms with Gasteiger partial charge in [0.05, 0.1) is 17.8 Å². The third-order valence-electron chi connectivity index (χ3n) is 9.25. The number of hydrogen-bond donors (Lipinski definition) is 0. The Morgan fingerprint density at radius 2 is 1.57 bits per heavy atom. The van der Waals surface area contributed by atoms with Crippen molar-refractivity contribution in [2.75, 3.05) is 32.8 Å². The summed E-state index contributed by atoms with van der Waals surface area (Å²) in [5, 5.41) is 1.09. The number of piperazine rings is 1. The number of rotatable bonds is 13. The summed E-state index contributed by atoms with van der Waals surface area (Å²) in [5.41, 5.74) is 7.51. The molecule has 0 N–H and O–H groups in total. The van der Waals surface area contributed by atoms with Crippen molar-refractivity contribution in [3.63, 3.8) is 0 Å². The maximum absolute atomic E-state index is 13.1. The van der Waals surface area contributed by atoms with Gasteiger partial charge in [-0.25, -0.2) is 4.98 Å². The third-order valence-corrected chi connectivity index (χ3v) is 9.90. The van der Waals surface area contributed by atoms with Crippen LogP contribution in [0.4, 0.5) is 0 Å². The standard InChI is InChI=1S/C43H43Cl2N3O4.ClH/c1-30-7-6-10-40(32(30)3)50-24-19-33-11-13-34(14-12-33)28-47-20-22-48(23-21-47)42(49)18-15-35-25-31(2)43(39(45)26-35)52-41-17-16-37(27-46-41)51-29-36-8-4-5-9-38(36)44;/h4-18,25-27H,19-24,28-29H2,1-3H3;1H. The Morgan fingerprint density at radius 1 is 0.811 bits per heavy atom. The summed E-state index contributed by atoms with van der Waals surface area (Å²) in [5.74, 6) is 2.44. The number of pyridine rings is 1. The fourth-order valence-electron chi connectivity index (χ4n) is 6.00. The molecule has 276 valence electrons. The monoisotopic (exact) mass is 771 g/mol. The number of aromatic nitrogens is 1. The molecule has 6 rings (SSSR count). The van der Waals surface area contributed by atoms with Gasteiger partial charge in [-0.15, -0.1) is 12.4 Å². The number of carbonyl (C=O) groups is 1. The molecule has 0 atom stereocenters. The lowest BCUT2D eigenvalue weighted by atomic mass is 10.1. The van der Waals surface area contributed by atoms with E-state index in [0.717, 1.165) is 48.5 Å². The molecular formula is C43H44Cl3N3O4. The highest BCUT2D eigenvalue weighted by Crippen LogP contribution is 2.34. The van der Waals surface area contributed by atoms with Crippen LogP contribution in [-0.2, 0) is 24.4 Å². The van der Waals surface area contributed by atoms with Gasteiger partial charge in [0.25, 0.3) is 0 Å². The minimum absolute atomic E-state index is 0. The first-order chi connectivity index (χ1) is 25.2. The zero-order chi connectivity index (χ0) is 36.5. The Kier molecular flexibility index (Phi) is 14.2. The van der Waals surface area contributed by atoms with Gasteiger partial charge in [-0.3, -0.25) is 9.69 Å². The Labute approximate surface area is 328 Å². The Bertz CT molecular complexity index is 1990. The summed E-state index contributed by atoms with van der Waals surface area (Å²) in [7, 11) is 0. The molecule has 1 saturated heterocycles. The second-order valence-electron chi connectivity index (χ2n) is 13.0. The molecule has 10 heteroatoms. The lowest BCUT2D eigenvalue weighted by Crippen LogP contribution is -2.47.